The molecule has 1 amide bonds. The highest BCUT2D eigenvalue weighted by atomic mass is 16.5. The van der Waals surface area contributed by atoms with Gasteiger partial charge < -0.3 is 29.6 Å². The summed E-state index contributed by atoms with van der Waals surface area (Å²) in [7, 11) is 0. The fourth-order valence-corrected chi connectivity index (χ4v) is 6.42. The van der Waals surface area contributed by atoms with Crippen LogP contribution in [0.4, 0.5) is 11.5 Å². The zero-order chi connectivity index (χ0) is 29.1. The van der Waals surface area contributed by atoms with E-state index in [-0.39, 0.29) is 24.3 Å². The highest BCUT2D eigenvalue weighted by Gasteiger charge is 2.30. The second kappa shape index (κ2) is 12.5. The van der Waals surface area contributed by atoms with Crippen LogP contribution in [0.5, 0.6) is 11.8 Å². The molecule has 2 saturated heterocycles. The quantitative estimate of drug-likeness (QED) is 0.394. The number of nitrogens with zero attached hydrogens (tertiary/aromatic N) is 6. The van der Waals surface area contributed by atoms with Crippen molar-refractivity contribution in [2.24, 2.45) is 0 Å². The van der Waals surface area contributed by atoms with Crippen molar-refractivity contribution in [1.29, 1.82) is 0 Å². The van der Waals surface area contributed by atoms with Crippen LogP contribution in [0.2, 0.25) is 0 Å². The summed E-state index contributed by atoms with van der Waals surface area (Å²) in [5, 5.41) is 22.8. The summed E-state index contributed by atoms with van der Waals surface area (Å²) >= 11 is 0. The maximum absolute atomic E-state index is 12.2. The molecule has 0 aliphatic carbocycles. The van der Waals surface area contributed by atoms with E-state index in [2.05, 4.69) is 27.3 Å². The minimum absolute atomic E-state index is 0.0547. The van der Waals surface area contributed by atoms with E-state index in [1.165, 1.54) is 12.5 Å². The number of rotatable bonds is 8. The average Bonchev–Trinajstić information content (AvgIpc) is 3.03. The monoisotopic (exact) mass is 572 g/mol. The SMILES string of the molecule is C=CC(=O)N1CCN(c2nc(OC(CO)CN3CCCCC3)nc3c2CCN(c2cc(O)cc4ccccc24)C3)CC1. The Balaban J connectivity index is 1.31. The van der Waals surface area contributed by atoms with Crippen molar-refractivity contribution in [3.63, 3.8) is 0 Å². The van der Waals surface area contributed by atoms with Gasteiger partial charge in [-0.05, 0) is 49.9 Å². The molecule has 10 heteroatoms. The van der Waals surface area contributed by atoms with Gasteiger partial charge in [0.05, 0.1) is 18.8 Å². The number of aliphatic hydroxyl groups is 1. The molecule has 3 aliphatic rings. The third-order valence-corrected chi connectivity index (χ3v) is 8.64. The number of carbonyl (C=O) groups excluding carboxylic acids is 1. The van der Waals surface area contributed by atoms with Gasteiger partial charge >= 0.3 is 6.01 Å². The van der Waals surface area contributed by atoms with Crippen LogP contribution < -0.4 is 14.5 Å². The molecule has 0 bridgehead atoms. The van der Waals surface area contributed by atoms with E-state index >= 15 is 0 Å². The Morgan fingerprint density at radius 1 is 1.00 bits per heavy atom. The van der Waals surface area contributed by atoms with Gasteiger partial charge in [-0.15, -0.1) is 0 Å². The molecule has 10 nitrogen and oxygen atoms in total. The zero-order valence-corrected chi connectivity index (χ0v) is 24.1. The predicted molar refractivity (Wildman–Crippen MR) is 163 cm³/mol. The van der Waals surface area contributed by atoms with Gasteiger partial charge in [0.1, 0.15) is 17.7 Å². The number of phenols is 1. The molecule has 0 saturated carbocycles. The van der Waals surface area contributed by atoms with E-state index in [0.29, 0.717) is 39.3 Å². The van der Waals surface area contributed by atoms with Crippen molar-refractivity contribution < 1.29 is 19.7 Å². The molecule has 1 unspecified atom stereocenters. The molecule has 1 aromatic heterocycles. The Morgan fingerprint density at radius 3 is 2.55 bits per heavy atom. The molecular weight excluding hydrogens is 532 g/mol. The number of aromatic nitrogens is 2. The first kappa shape index (κ1) is 28.2. The summed E-state index contributed by atoms with van der Waals surface area (Å²) in [5.41, 5.74) is 2.94. The molecular formula is C32H40N6O4. The minimum Gasteiger partial charge on any atom is -0.508 e. The first-order valence-electron chi connectivity index (χ1n) is 15.0. The van der Waals surface area contributed by atoms with E-state index in [1.54, 1.807) is 6.07 Å². The lowest BCUT2D eigenvalue weighted by atomic mass is 10.0. The summed E-state index contributed by atoms with van der Waals surface area (Å²) < 4.78 is 6.29. The summed E-state index contributed by atoms with van der Waals surface area (Å²) in [4.78, 5) is 30.7. The molecule has 2 aromatic carbocycles. The summed E-state index contributed by atoms with van der Waals surface area (Å²) in [5.74, 6) is 1.02. The number of piperazine rings is 1. The third-order valence-electron chi connectivity index (χ3n) is 8.64. The average molecular weight is 573 g/mol. The number of anilines is 2. The topological polar surface area (TPSA) is 106 Å². The number of ether oxygens (including phenoxy) is 1. The number of likely N-dealkylation sites (tertiary alicyclic amines) is 1. The van der Waals surface area contributed by atoms with Gasteiger partial charge in [-0.25, -0.2) is 0 Å². The lowest BCUT2D eigenvalue weighted by molar-refractivity contribution is -0.126. The van der Waals surface area contributed by atoms with Gasteiger partial charge in [0.15, 0.2) is 0 Å². The summed E-state index contributed by atoms with van der Waals surface area (Å²) in [6, 6.07) is 12.0. The molecule has 1 atom stereocenters. The number of aromatic hydroxyl groups is 1. The normalized spacial score (nSPS) is 18.5. The van der Waals surface area contributed by atoms with Crippen molar-refractivity contribution in [3.8, 4) is 11.8 Å². The molecule has 0 radical (unpaired) electrons. The molecule has 0 spiro atoms. The minimum atomic E-state index is -0.425. The van der Waals surface area contributed by atoms with Crippen LogP contribution in [0.15, 0.2) is 49.1 Å². The number of fused-ring (bicyclic) bond motifs is 2. The fraction of sp³-hybridized carbons (Fsp3) is 0.469. The fourth-order valence-electron chi connectivity index (χ4n) is 6.42. The highest BCUT2D eigenvalue weighted by Crippen LogP contribution is 2.36. The predicted octanol–water partition coefficient (Wildman–Crippen LogP) is 2.96. The second-order valence-electron chi connectivity index (χ2n) is 11.4. The number of hydrogen-bond donors (Lipinski definition) is 2. The molecule has 3 aliphatic heterocycles. The smallest absolute Gasteiger partial charge is 0.319 e. The van der Waals surface area contributed by atoms with Crippen LogP contribution in [-0.2, 0) is 17.8 Å². The number of amides is 1. The van der Waals surface area contributed by atoms with Gasteiger partial charge in [0.25, 0.3) is 0 Å². The lowest BCUT2D eigenvalue weighted by Gasteiger charge is -2.38. The molecule has 4 heterocycles. The molecule has 222 valence electrons. The van der Waals surface area contributed by atoms with Crippen LogP contribution in [0.25, 0.3) is 10.8 Å². The highest BCUT2D eigenvalue weighted by molar-refractivity contribution is 5.95. The molecule has 3 aromatic rings. The number of aliphatic hydroxyl groups excluding tert-OH is 1. The van der Waals surface area contributed by atoms with Crippen molar-refractivity contribution >= 4 is 28.2 Å². The Morgan fingerprint density at radius 2 is 1.79 bits per heavy atom. The Kier molecular flexibility index (Phi) is 8.43. The van der Waals surface area contributed by atoms with E-state index < -0.39 is 6.10 Å². The molecule has 2 N–H and O–H groups in total. The van der Waals surface area contributed by atoms with Crippen LogP contribution in [-0.4, -0.2) is 101 Å². The van der Waals surface area contributed by atoms with E-state index in [9.17, 15) is 15.0 Å². The Bertz CT molecular complexity index is 1430. The molecule has 2 fully saturated rings. The van der Waals surface area contributed by atoms with Gasteiger partial charge in [0.2, 0.25) is 5.91 Å². The third kappa shape index (κ3) is 6.00. The van der Waals surface area contributed by atoms with E-state index in [0.717, 1.165) is 72.4 Å². The number of hydrogen-bond acceptors (Lipinski definition) is 9. The van der Waals surface area contributed by atoms with Crippen molar-refractivity contribution in [2.45, 2.75) is 38.3 Å². The maximum atomic E-state index is 12.2. The van der Waals surface area contributed by atoms with Crippen molar-refractivity contribution in [3.05, 3.63) is 60.3 Å². The standard InChI is InChI=1S/C32H40N6O4/c1-2-30(41)36-14-16-37(17-15-36)31-27-10-13-38(29-19-24(40)18-23-8-4-5-9-26(23)29)21-28(27)33-32(34-31)42-25(22-39)20-35-11-6-3-7-12-35/h2,4-5,8-9,18-19,25,39-40H,1,3,6-7,10-17,20-22H2. The molecule has 6 rings (SSSR count). The first-order chi connectivity index (χ1) is 20.5. The van der Waals surface area contributed by atoms with Gasteiger partial charge in [-0.3, -0.25) is 9.69 Å². The largest absolute Gasteiger partial charge is 0.508 e. The zero-order valence-electron chi connectivity index (χ0n) is 24.1. The van der Waals surface area contributed by atoms with Crippen LogP contribution in [0.1, 0.15) is 30.5 Å². The van der Waals surface area contributed by atoms with Crippen LogP contribution in [0, 0.1) is 0 Å². The number of phenolic OH excluding ortho intramolecular Hbond substituents is 1. The second-order valence-corrected chi connectivity index (χ2v) is 11.4. The maximum Gasteiger partial charge on any atom is 0.319 e. The van der Waals surface area contributed by atoms with E-state index in [4.69, 9.17) is 14.7 Å². The number of carbonyl (C=O) groups is 1. The summed E-state index contributed by atoms with van der Waals surface area (Å²) in [6.07, 6.45) is 5.25. The van der Waals surface area contributed by atoms with Gasteiger partial charge in [-0.2, -0.15) is 9.97 Å². The Labute approximate surface area is 246 Å². The van der Waals surface area contributed by atoms with Gasteiger partial charge in [-0.1, -0.05) is 37.3 Å². The lowest BCUT2D eigenvalue weighted by Crippen LogP contribution is -2.49. The van der Waals surface area contributed by atoms with Crippen molar-refractivity contribution in [2.75, 3.05) is 68.8 Å². The van der Waals surface area contributed by atoms with Crippen LogP contribution >= 0.6 is 0 Å². The Hall–Kier alpha value is -3.89. The number of piperidine rings is 1. The van der Waals surface area contributed by atoms with Gasteiger partial charge in [0, 0.05) is 62.0 Å². The number of benzene rings is 2. The first-order valence-corrected chi connectivity index (χ1v) is 15.0. The molecule has 42 heavy (non-hydrogen) atoms. The van der Waals surface area contributed by atoms with E-state index in [1.807, 2.05) is 29.2 Å². The van der Waals surface area contributed by atoms with Crippen molar-refractivity contribution in [1.82, 2.24) is 19.8 Å². The summed E-state index contributed by atoms with van der Waals surface area (Å²) in [6.45, 7) is 9.95. The van der Waals surface area contributed by atoms with Crippen LogP contribution in [0.3, 0.4) is 0 Å².